The van der Waals surface area contributed by atoms with Crippen LogP contribution in [0.15, 0.2) is 29.2 Å². The Morgan fingerprint density at radius 3 is 2.57 bits per heavy atom. The van der Waals surface area contributed by atoms with Crippen LogP contribution in [-0.4, -0.2) is 55.2 Å². The molecule has 1 aromatic rings. The number of carbonyl (C=O) groups excluding carboxylic acids is 1. The predicted molar refractivity (Wildman–Crippen MR) is 89.8 cm³/mol. The zero-order valence-electron chi connectivity index (χ0n) is 13.3. The molecule has 1 amide bonds. The number of hydrogen-bond acceptors (Lipinski definition) is 3. The molecule has 116 valence electrons. The lowest BCUT2D eigenvalue weighted by Crippen LogP contribution is -2.34. The van der Waals surface area contributed by atoms with Gasteiger partial charge in [-0.05, 0) is 57.3 Å². The minimum Gasteiger partial charge on any atom is -0.342 e. The van der Waals surface area contributed by atoms with Gasteiger partial charge >= 0.3 is 0 Å². The second-order valence-corrected chi connectivity index (χ2v) is 6.83. The summed E-state index contributed by atoms with van der Waals surface area (Å²) in [5.74, 6) is 0.270. The van der Waals surface area contributed by atoms with Crippen LogP contribution in [-0.2, 0) is 11.2 Å². The monoisotopic (exact) mass is 306 g/mol. The van der Waals surface area contributed by atoms with E-state index in [-0.39, 0.29) is 5.91 Å². The molecule has 4 heteroatoms. The fourth-order valence-corrected chi connectivity index (χ4v) is 3.28. The first-order valence-electron chi connectivity index (χ1n) is 7.67. The van der Waals surface area contributed by atoms with Crippen LogP contribution in [0.25, 0.3) is 0 Å². The third-order valence-electron chi connectivity index (χ3n) is 4.30. The Kier molecular flexibility index (Phi) is 6.12. The van der Waals surface area contributed by atoms with Crippen molar-refractivity contribution in [1.29, 1.82) is 0 Å². The molecule has 1 atom stereocenters. The molecule has 0 N–H and O–H groups in total. The maximum absolute atomic E-state index is 12.5. The van der Waals surface area contributed by atoms with Gasteiger partial charge in [0.2, 0.25) is 5.91 Å². The van der Waals surface area contributed by atoms with E-state index in [0.29, 0.717) is 12.5 Å². The van der Waals surface area contributed by atoms with Gasteiger partial charge in [-0.25, -0.2) is 0 Å². The average Bonchev–Trinajstić information content (AvgIpc) is 2.74. The highest BCUT2D eigenvalue weighted by atomic mass is 32.2. The lowest BCUT2D eigenvalue weighted by molar-refractivity contribution is -0.130. The summed E-state index contributed by atoms with van der Waals surface area (Å²) in [6, 6.07) is 8.95. The number of hydrogen-bond donors (Lipinski definition) is 0. The van der Waals surface area contributed by atoms with Crippen molar-refractivity contribution in [3.8, 4) is 0 Å². The first kappa shape index (κ1) is 16.4. The molecular formula is C17H26N2OS. The van der Waals surface area contributed by atoms with E-state index < -0.39 is 0 Å². The van der Waals surface area contributed by atoms with Crippen LogP contribution in [0.3, 0.4) is 0 Å². The third kappa shape index (κ3) is 4.75. The highest BCUT2D eigenvalue weighted by molar-refractivity contribution is 7.98. The van der Waals surface area contributed by atoms with E-state index in [1.54, 1.807) is 11.8 Å². The van der Waals surface area contributed by atoms with E-state index in [2.05, 4.69) is 49.5 Å². The Labute approximate surface area is 132 Å². The van der Waals surface area contributed by atoms with E-state index >= 15 is 0 Å². The molecule has 1 saturated heterocycles. The maximum Gasteiger partial charge on any atom is 0.226 e. The number of amides is 1. The van der Waals surface area contributed by atoms with Crippen molar-refractivity contribution in [3.63, 3.8) is 0 Å². The van der Waals surface area contributed by atoms with Crippen LogP contribution < -0.4 is 0 Å². The Morgan fingerprint density at radius 2 is 1.95 bits per heavy atom. The van der Waals surface area contributed by atoms with Crippen molar-refractivity contribution < 1.29 is 4.79 Å². The smallest absolute Gasteiger partial charge is 0.226 e. The number of nitrogens with zero attached hydrogens (tertiary/aromatic N) is 2. The van der Waals surface area contributed by atoms with E-state index in [9.17, 15) is 4.79 Å². The van der Waals surface area contributed by atoms with Crippen LogP contribution in [0.1, 0.15) is 24.8 Å². The summed E-state index contributed by atoms with van der Waals surface area (Å²) in [6.45, 7) is 1.80. The molecule has 3 nitrogen and oxygen atoms in total. The highest BCUT2D eigenvalue weighted by Gasteiger charge is 2.21. The zero-order chi connectivity index (χ0) is 15.2. The van der Waals surface area contributed by atoms with E-state index in [1.165, 1.54) is 11.3 Å². The normalized spacial score (nSPS) is 19.6. The van der Waals surface area contributed by atoms with Gasteiger partial charge in [-0.15, -0.1) is 11.8 Å². The fourth-order valence-electron chi connectivity index (χ4n) is 2.87. The lowest BCUT2D eigenvalue weighted by atomic mass is 10.1. The predicted octanol–water partition coefficient (Wildman–Crippen LogP) is 2.89. The van der Waals surface area contributed by atoms with Crippen molar-refractivity contribution >= 4 is 17.7 Å². The number of carbonyl (C=O) groups is 1. The summed E-state index contributed by atoms with van der Waals surface area (Å²) in [4.78, 5) is 18.0. The van der Waals surface area contributed by atoms with Gasteiger partial charge < -0.3 is 9.80 Å². The molecule has 2 rings (SSSR count). The number of rotatable bonds is 4. The minimum absolute atomic E-state index is 0.270. The van der Waals surface area contributed by atoms with Crippen molar-refractivity contribution in [3.05, 3.63) is 29.8 Å². The number of thioether (sulfide) groups is 1. The van der Waals surface area contributed by atoms with Gasteiger partial charge in [0.25, 0.3) is 0 Å². The zero-order valence-corrected chi connectivity index (χ0v) is 14.2. The Morgan fingerprint density at radius 1 is 1.24 bits per heavy atom. The molecule has 0 unspecified atom stereocenters. The fraction of sp³-hybridized carbons (Fsp3) is 0.588. The molecule has 0 bridgehead atoms. The van der Waals surface area contributed by atoms with Gasteiger partial charge in [0.15, 0.2) is 0 Å². The summed E-state index contributed by atoms with van der Waals surface area (Å²) in [7, 11) is 4.27. The minimum atomic E-state index is 0.270. The Balaban J connectivity index is 1.90. The largest absolute Gasteiger partial charge is 0.342 e. The highest BCUT2D eigenvalue weighted by Crippen LogP contribution is 2.18. The molecular weight excluding hydrogens is 280 g/mol. The molecule has 1 heterocycles. The first-order valence-corrected chi connectivity index (χ1v) is 8.89. The van der Waals surface area contributed by atoms with Crippen LogP contribution in [0.2, 0.25) is 0 Å². The van der Waals surface area contributed by atoms with Gasteiger partial charge in [0.1, 0.15) is 0 Å². The van der Waals surface area contributed by atoms with Gasteiger partial charge in [0, 0.05) is 24.0 Å². The second-order valence-electron chi connectivity index (χ2n) is 5.95. The number of benzene rings is 1. The van der Waals surface area contributed by atoms with Gasteiger partial charge in [-0.2, -0.15) is 0 Å². The third-order valence-corrected chi connectivity index (χ3v) is 5.04. The summed E-state index contributed by atoms with van der Waals surface area (Å²) in [5, 5.41) is 0. The first-order chi connectivity index (χ1) is 10.1. The second kappa shape index (κ2) is 7.85. The molecule has 0 saturated carbocycles. The summed E-state index contributed by atoms with van der Waals surface area (Å²) < 4.78 is 0. The van der Waals surface area contributed by atoms with E-state index in [4.69, 9.17) is 0 Å². The molecule has 21 heavy (non-hydrogen) atoms. The molecule has 0 radical (unpaired) electrons. The Bertz CT molecular complexity index is 458. The molecule has 0 spiro atoms. The summed E-state index contributed by atoms with van der Waals surface area (Å²) in [6.07, 6.45) is 5.99. The topological polar surface area (TPSA) is 23.6 Å². The van der Waals surface area contributed by atoms with Crippen molar-refractivity contribution in [2.45, 2.75) is 36.6 Å². The lowest BCUT2D eigenvalue weighted by Gasteiger charge is -2.23. The average molecular weight is 306 g/mol. The summed E-state index contributed by atoms with van der Waals surface area (Å²) >= 11 is 1.73. The summed E-state index contributed by atoms with van der Waals surface area (Å²) in [5.41, 5.74) is 1.12. The quantitative estimate of drug-likeness (QED) is 0.799. The van der Waals surface area contributed by atoms with Gasteiger partial charge in [-0.1, -0.05) is 12.1 Å². The van der Waals surface area contributed by atoms with Gasteiger partial charge in [-0.3, -0.25) is 4.79 Å². The molecule has 1 aromatic carbocycles. The van der Waals surface area contributed by atoms with Crippen molar-refractivity contribution in [2.24, 2.45) is 0 Å². The molecule has 1 aliphatic heterocycles. The Hall–Kier alpha value is -1.00. The van der Waals surface area contributed by atoms with Crippen LogP contribution >= 0.6 is 11.8 Å². The van der Waals surface area contributed by atoms with Crippen molar-refractivity contribution in [2.75, 3.05) is 33.4 Å². The SMILES string of the molecule is CSc1ccc(CC(=O)N2CCC[C@@H](N(C)C)CC2)cc1. The van der Waals surface area contributed by atoms with Crippen LogP contribution in [0, 0.1) is 0 Å². The molecule has 1 aliphatic rings. The van der Waals surface area contributed by atoms with Crippen LogP contribution in [0.4, 0.5) is 0 Å². The number of likely N-dealkylation sites (tertiary alicyclic amines) is 1. The maximum atomic E-state index is 12.5. The molecule has 0 aromatic heterocycles. The molecule has 1 fully saturated rings. The van der Waals surface area contributed by atoms with Crippen molar-refractivity contribution in [1.82, 2.24) is 9.80 Å². The standard InChI is InChI=1S/C17H26N2OS/c1-18(2)15-5-4-11-19(12-10-15)17(20)13-14-6-8-16(21-3)9-7-14/h6-9,15H,4-5,10-13H2,1-3H3/t15-/m1/s1. The van der Waals surface area contributed by atoms with E-state index in [1.807, 2.05) is 4.90 Å². The van der Waals surface area contributed by atoms with E-state index in [0.717, 1.165) is 31.5 Å². The molecule has 0 aliphatic carbocycles. The van der Waals surface area contributed by atoms with Gasteiger partial charge in [0.05, 0.1) is 6.42 Å². The van der Waals surface area contributed by atoms with Crippen LogP contribution in [0.5, 0.6) is 0 Å².